The molecule has 1 unspecified atom stereocenters. The fraction of sp³-hybridized carbons (Fsp3) is 0.812. The first kappa shape index (κ1) is 14.1. The van der Waals surface area contributed by atoms with Gasteiger partial charge in [0.25, 0.3) is 0 Å². The van der Waals surface area contributed by atoms with Gasteiger partial charge in [-0.1, -0.05) is 19.8 Å². The highest BCUT2D eigenvalue weighted by atomic mass is 16.3. The molecule has 0 bridgehead atoms. The summed E-state index contributed by atoms with van der Waals surface area (Å²) in [5.41, 5.74) is -0.0483. The Balaban J connectivity index is 1.88. The molecule has 1 aliphatic carbocycles. The summed E-state index contributed by atoms with van der Waals surface area (Å²) in [5, 5.41) is 11.1. The number of hydrogen-bond donors (Lipinski definition) is 1. The van der Waals surface area contributed by atoms with Gasteiger partial charge in [0.1, 0.15) is 11.9 Å². The minimum absolute atomic E-state index is 0.0483. The average Bonchev–Trinajstić information content (AvgIpc) is 3.20. The van der Waals surface area contributed by atoms with Crippen LogP contribution in [0.4, 0.5) is 0 Å². The Kier molecular flexibility index (Phi) is 4.13. The molecule has 1 aromatic heterocycles. The zero-order valence-electron chi connectivity index (χ0n) is 12.6. The summed E-state index contributed by atoms with van der Waals surface area (Å²) in [7, 11) is 0. The molecule has 2 heterocycles. The minimum Gasteiger partial charge on any atom is -0.383 e. The van der Waals surface area contributed by atoms with E-state index in [4.69, 9.17) is 0 Å². The molecule has 112 valence electrons. The van der Waals surface area contributed by atoms with Gasteiger partial charge in [0.05, 0.1) is 5.54 Å². The predicted octanol–water partition coefficient (Wildman–Crippen LogP) is 2.74. The third kappa shape index (κ3) is 2.29. The normalized spacial score (nSPS) is 24.3. The van der Waals surface area contributed by atoms with E-state index in [-0.39, 0.29) is 5.54 Å². The van der Waals surface area contributed by atoms with Crippen LogP contribution in [0.2, 0.25) is 0 Å². The van der Waals surface area contributed by atoms with Crippen molar-refractivity contribution in [1.29, 1.82) is 0 Å². The molecule has 1 saturated heterocycles. The van der Waals surface area contributed by atoms with Crippen LogP contribution < -0.4 is 0 Å². The SMILES string of the molecule is CCCn1ccnc1C(O)C1(N2CCCC2)CCCC1. The van der Waals surface area contributed by atoms with Crippen LogP contribution in [0, 0.1) is 0 Å². The Labute approximate surface area is 121 Å². The Hall–Kier alpha value is -0.870. The first-order valence-electron chi connectivity index (χ1n) is 8.22. The van der Waals surface area contributed by atoms with Gasteiger partial charge in [-0.05, 0) is 45.2 Å². The molecule has 0 spiro atoms. The van der Waals surface area contributed by atoms with Gasteiger partial charge in [0.2, 0.25) is 0 Å². The van der Waals surface area contributed by atoms with Gasteiger partial charge in [-0.25, -0.2) is 4.98 Å². The third-order valence-corrected chi connectivity index (χ3v) is 5.17. The Bertz CT molecular complexity index is 431. The second-order valence-electron chi connectivity index (χ2n) is 6.39. The maximum Gasteiger partial charge on any atom is 0.139 e. The van der Waals surface area contributed by atoms with Crippen molar-refractivity contribution in [2.24, 2.45) is 0 Å². The number of aromatic nitrogens is 2. The van der Waals surface area contributed by atoms with Crippen molar-refractivity contribution >= 4 is 0 Å². The number of aryl methyl sites for hydroxylation is 1. The lowest BCUT2D eigenvalue weighted by Gasteiger charge is -2.42. The summed E-state index contributed by atoms with van der Waals surface area (Å²) in [4.78, 5) is 7.03. The zero-order chi connectivity index (χ0) is 14.0. The summed E-state index contributed by atoms with van der Waals surface area (Å²) in [6.45, 7) is 5.40. The monoisotopic (exact) mass is 277 g/mol. The van der Waals surface area contributed by atoms with E-state index in [0.29, 0.717) is 0 Å². The van der Waals surface area contributed by atoms with Crippen LogP contribution in [-0.2, 0) is 6.54 Å². The fourth-order valence-electron chi connectivity index (χ4n) is 4.15. The maximum atomic E-state index is 11.1. The standard InChI is InChI=1S/C16H27N3O/c1-2-10-18-13-9-17-15(18)14(20)16(7-3-4-8-16)19-11-5-6-12-19/h9,13-14,20H,2-8,10-12H2,1H3. The molecule has 4 nitrogen and oxygen atoms in total. The van der Waals surface area contributed by atoms with E-state index in [0.717, 1.165) is 44.7 Å². The lowest BCUT2D eigenvalue weighted by atomic mass is 9.87. The van der Waals surface area contributed by atoms with Crippen molar-refractivity contribution in [3.05, 3.63) is 18.2 Å². The van der Waals surface area contributed by atoms with Crippen LogP contribution in [0.5, 0.6) is 0 Å². The molecule has 1 atom stereocenters. The van der Waals surface area contributed by atoms with E-state index in [1.54, 1.807) is 0 Å². The molecule has 0 radical (unpaired) electrons. The van der Waals surface area contributed by atoms with Gasteiger partial charge >= 0.3 is 0 Å². The molecule has 2 aliphatic rings. The first-order valence-corrected chi connectivity index (χ1v) is 8.22. The highest BCUT2D eigenvalue weighted by Gasteiger charge is 2.48. The highest BCUT2D eigenvalue weighted by Crippen LogP contribution is 2.45. The molecule has 20 heavy (non-hydrogen) atoms. The number of aliphatic hydroxyl groups excluding tert-OH is 1. The van der Waals surface area contributed by atoms with Crippen LogP contribution in [0.1, 0.15) is 63.8 Å². The summed E-state index contributed by atoms with van der Waals surface area (Å²) < 4.78 is 2.14. The summed E-state index contributed by atoms with van der Waals surface area (Å²) in [6.07, 6.45) is 11.7. The highest BCUT2D eigenvalue weighted by molar-refractivity contribution is 5.10. The number of aliphatic hydroxyl groups is 1. The van der Waals surface area contributed by atoms with Crippen LogP contribution in [0.3, 0.4) is 0 Å². The number of imidazole rings is 1. The van der Waals surface area contributed by atoms with Crippen molar-refractivity contribution in [2.45, 2.75) is 70.1 Å². The average molecular weight is 277 g/mol. The van der Waals surface area contributed by atoms with Gasteiger partial charge in [0.15, 0.2) is 0 Å². The van der Waals surface area contributed by atoms with E-state index >= 15 is 0 Å². The van der Waals surface area contributed by atoms with Crippen molar-refractivity contribution in [3.8, 4) is 0 Å². The second-order valence-corrected chi connectivity index (χ2v) is 6.39. The topological polar surface area (TPSA) is 41.3 Å². The minimum atomic E-state index is -0.440. The van der Waals surface area contributed by atoms with E-state index in [2.05, 4.69) is 21.4 Å². The molecule has 0 amide bonds. The van der Waals surface area contributed by atoms with E-state index < -0.39 is 6.10 Å². The molecule has 1 aliphatic heterocycles. The van der Waals surface area contributed by atoms with E-state index in [9.17, 15) is 5.11 Å². The molecule has 1 aromatic rings. The Morgan fingerprint density at radius 3 is 2.60 bits per heavy atom. The summed E-state index contributed by atoms with van der Waals surface area (Å²) >= 11 is 0. The lowest BCUT2D eigenvalue weighted by Crippen LogP contribution is -2.50. The molecule has 3 rings (SSSR count). The molecular formula is C16H27N3O. The van der Waals surface area contributed by atoms with Crippen LogP contribution in [-0.4, -0.2) is 38.2 Å². The van der Waals surface area contributed by atoms with Gasteiger partial charge in [-0.3, -0.25) is 4.90 Å². The zero-order valence-corrected chi connectivity index (χ0v) is 12.6. The van der Waals surface area contributed by atoms with Crippen LogP contribution >= 0.6 is 0 Å². The van der Waals surface area contributed by atoms with Crippen molar-refractivity contribution in [2.75, 3.05) is 13.1 Å². The molecule has 1 saturated carbocycles. The van der Waals surface area contributed by atoms with Crippen LogP contribution in [0.25, 0.3) is 0 Å². The van der Waals surface area contributed by atoms with Crippen molar-refractivity contribution < 1.29 is 5.11 Å². The van der Waals surface area contributed by atoms with Gasteiger partial charge in [-0.15, -0.1) is 0 Å². The predicted molar refractivity (Wildman–Crippen MR) is 79.5 cm³/mol. The smallest absolute Gasteiger partial charge is 0.139 e. The lowest BCUT2D eigenvalue weighted by molar-refractivity contribution is -0.0261. The molecule has 1 N–H and O–H groups in total. The third-order valence-electron chi connectivity index (χ3n) is 5.17. The van der Waals surface area contributed by atoms with Crippen molar-refractivity contribution in [3.63, 3.8) is 0 Å². The number of likely N-dealkylation sites (tertiary alicyclic amines) is 1. The quantitative estimate of drug-likeness (QED) is 0.899. The maximum absolute atomic E-state index is 11.1. The van der Waals surface area contributed by atoms with Gasteiger partial charge < -0.3 is 9.67 Å². The fourth-order valence-corrected chi connectivity index (χ4v) is 4.15. The number of rotatable bonds is 5. The summed E-state index contributed by atoms with van der Waals surface area (Å²) in [6, 6.07) is 0. The number of hydrogen-bond acceptors (Lipinski definition) is 3. The van der Waals surface area contributed by atoms with E-state index in [1.165, 1.54) is 25.7 Å². The Morgan fingerprint density at radius 1 is 1.25 bits per heavy atom. The molecule has 2 fully saturated rings. The first-order chi connectivity index (χ1) is 9.78. The van der Waals surface area contributed by atoms with Gasteiger partial charge in [-0.2, -0.15) is 0 Å². The molecule has 4 heteroatoms. The largest absolute Gasteiger partial charge is 0.383 e. The molecule has 0 aromatic carbocycles. The molecular weight excluding hydrogens is 250 g/mol. The van der Waals surface area contributed by atoms with E-state index in [1.807, 2.05) is 12.4 Å². The van der Waals surface area contributed by atoms with Crippen molar-refractivity contribution in [1.82, 2.24) is 14.5 Å². The number of nitrogens with zero attached hydrogens (tertiary/aromatic N) is 3. The van der Waals surface area contributed by atoms with Crippen LogP contribution in [0.15, 0.2) is 12.4 Å². The van der Waals surface area contributed by atoms with Gasteiger partial charge in [0, 0.05) is 18.9 Å². The Morgan fingerprint density at radius 2 is 1.95 bits per heavy atom. The second kappa shape index (κ2) is 5.86. The summed E-state index contributed by atoms with van der Waals surface area (Å²) in [5.74, 6) is 0.876.